The molecule has 0 bridgehead atoms. The van der Waals surface area contributed by atoms with Gasteiger partial charge in [0, 0.05) is 38.4 Å². The van der Waals surface area contributed by atoms with Gasteiger partial charge in [0.05, 0.1) is 17.8 Å². The van der Waals surface area contributed by atoms with Crippen LogP contribution in [0.15, 0.2) is 41.2 Å². The van der Waals surface area contributed by atoms with Gasteiger partial charge in [-0.05, 0) is 25.3 Å². The first-order chi connectivity index (χ1) is 12.2. The highest BCUT2D eigenvalue weighted by Crippen LogP contribution is 2.43. The van der Waals surface area contributed by atoms with E-state index < -0.39 is 0 Å². The van der Waals surface area contributed by atoms with E-state index in [1.165, 1.54) is 6.20 Å². The Morgan fingerprint density at radius 2 is 2.24 bits per heavy atom. The molecule has 25 heavy (non-hydrogen) atoms. The van der Waals surface area contributed by atoms with Crippen molar-refractivity contribution in [2.24, 2.45) is 0 Å². The van der Waals surface area contributed by atoms with Crippen molar-refractivity contribution in [2.75, 3.05) is 13.7 Å². The van der Waals surface area contributed by atoms with Gasteiger partial charge in [0.25, 0.3) is 5.91 Å². The topological polar surface area (TPSA) is 77.7 Å². The number of methoxy groups -OCH3 is 1. The second-order valence-corrected chi connectivity index (χ2v) is 6.59. The summed E-state index contributed by atoms with van der Waals surface area (Å²) in [7, 11) is 1.73. The van der Waals surface area contributed by atoms with Crippen molar-refractivity contribution in [1.82, 2.24) is 15.0 Å². The van der Waals surface area contributed by atoms with Gasteiger partial charge in [0.2, 0.25) is 11.6 Å². The van der Waals surface area contributed by atoms with Gasteiger partial charge in [-0.25, -0.2) is 4.98 Å². The van der Waals surface area contributed by atoms with Crippen LogP contribution in [0.3, 0.4) is 0 Å². The molecular weight excluding hydrogens is 322 g/mol. The monoisotopic (exact) mass is 343 g/mol. The summed E-state index contributed by atoms with van der Waals surface area (Å²) < 4.78 is 17.0. The molecule has 0 spiro atoms. The lowest BCUT2D eigenvalue weighted by Gasteiger charge is -2.43. The van der Waals surface area contributed by atoms with Crippen LogP contribution in [0.25, 0.3) is 0 Å². The highest BCUT2D eigenvalue weighted by Gasteiger charge is 2.53. The molecule has 132 valence electrons. The molecule has 1 saturated carbocycles. The first-order valence-corrected chi connectivity index (χ1v) is 8.56. The molecule has 4 rings (SSSR count). The lowest BCUT2D eigenvalue weighted by Crippen LogP contribution is -2.53. The van der Waals surface area contributed by atoms with Crippen molar-refractivity contribution in [3.8, 4) is 5.88 Å². The van der Waals surface area contributed by atoms with E-state index in [0.717, 1.165) is 19.3 Å². The summed E-state index contributed by atoms with van der Waals surface area (Å²) in [5.74, 6) is 0.739. The first-order valence-electron chi connectivity index (χ1n) is 8.56. The maximum atomic E-state index is 12.8. The molecule has 0 unspecified atom stereocenters. The Morgan fingerprint density at radius 1 is 1.32 bits per heavy atom. The summed E-state index contributed by atoms with van der Waals surface area (Å²) >= 11 is 0. The number of likely N-dealkylation sites (tertiary alicyclic amines) is 1. The first kappa shape index (κ1) is 16.1. The zero-order valence-corrected chi connectivity index (χ0v) is 14.1. The Balaban J connectivity index is 1.53. The molecule has 2 aliphatic rings. The van der Waals surface area contributed by atoms with Crippen molar-refractivity contribution in [2.45, 2.75) is 43.4 Å². The molecular formula is C18H21N3O4. The highest BCUT2D eigenvalue weighted by molar-refractivity contribution is 5.91. The fourth-order valence-electron chi connectivity index (χ4n) is 4.07. The maximum Gasteiger partial charge on any atom is 0.292 e. The number of ether oxygens (including phenoxy) is 2. The van der Waals surface area contributed by atoms with Crippen LogP contribution < -0.4 is 4.74 Å². The van der Waals surface area contributed by atoms with Crippen molar-refractivity contribution in [3.63, 3.8) is 0 Å². The number of aromatic nitrogens is 2. The van der Waals surface area contributed by atoms with Crippen molar-refractivity contribution in [3.05, 3.63) is 42.4 Å². The minimum atomic E-state index is -0.306. The van der Waals surface area contributed by atoms with Gasteiger partial charge >= 0.3 is 0 Å². The predicted octanol–water partition coefficient (Wildman–Crippen LogP) is 2.30. The third kappa shape index (κ3) is 2.89. The highest BCUT2D eigenvalue weighted by atomic mass is 16.5. The van der Waals surface area contributed by atoms with Gasteiger partial charge in [0.15, 0.2) is 0 Å². The molecule has 2 fully saturated rings. The standard InChI is InChI=1S/C18H21N3O4/c1-23-18-7-5-13(24-16-4-2-3-9-19-16)12-15(18)21(11-8-18)17(22)14-6-10-20-25-14/h2-4,6,9-10,13,15H,5,7-8,11-12H2,1H3/t13-,15-,18+/m0/s1. The van der Waals surface area contributed by atoms with Crippen molar-refractivity contribution in [1.29, 1.82) is 0 Å². The Labute approximate surface area is 145 Å². The van der Waals surface area contributed by atoms with Gasteiger partial charge in [-0.15, -0.1) is 0 Å². The van der Waals surface area contributed by atoms with E-state index in [9.17, 15) is 4.79 Å². The fraction of sp³-hybridized carbons (Fsp3) is 0.500. The smallest absolute Gasteiger partial charge is 0.292 e. The Kier molecular flexibility index (Phi) is 4.17. The van der Waals surface area contributed by atoms with E-state index in [1.807, 2.05) is 23.1 Å². The molecule has 7 nitrogen and oxygen atoms in total. The molecule has 3 atom stereocenters. The van der Waals surface area contributed by atoms with Gasteiger partial charge < -0.3 is 18.9 Å². The van der Waals surface area contributed by atoms with E-state index in [4.69, 9.17) is 14.0 Å². The average molecular weight is 343 g/mol. The number of pyridine rings is 1. The van der Waals surface area contributed by atoms with Crippen LogP contribution >= 0.6 is 0 Å². The number of rotatable bonds is 4. The predicted molar refractivity (Wildman–Crippen MR) is 88.2 cm³/mol. The summed E-state index contributed by atoms with van der Waals surface area (Å²) in [6.07, 6.45) is 6.48. The van der Waals surface area contributed by atoms with E-state index in [2.05, 4.69) is 10.1 Å². The molecule has 0 aromatic carbocycles. The molecule has 1 aliphatic heterocycles. The van der Waals surface area contributed by atoms with Crippen LogP contribution in [0.2, 0.25) is 0 Å². The van der Waals surface area contributed by atoms with E-state index >= 15 is 0 Å². The molecule has 0 N–H and O–H groups in total. The van der Waals surface area contributed by atoms with E-state index in [0.29, 0.717) is 18.8 Å². The molecule has 3 heterocycles. The van der Waals surface area contributed by atoms with Gasteiger partial charge in [0.1, 0.15) is 6.10 Å². The van der Waals surface area contributed by atoms with Gasteiger partial charge in [-0.1, -0.05) is 11.2 Å². The number of fused-ring (bicyclic) bond motifs is 1. The summed E-state index contributed by atoms with van der Waals surface area (Å²) in [4.78, 5) is 18.8. The average Bonchev–Trinajstić information content (AvgIpc) is 3.30. The van der Waals surface area contributed by atoms with E-state index in [1.54, 1.807) is 19.4 Å². The zero-order chi connectivity index (χ0) is 17.3. The molecule has 2 aromatic heterocycles. The molecule has 1 amide bonds. The minimum Gasteiger partial charge on any atom is -0.474 e. The van der Waals surface area contributed by atoms with Crippen LogP contribution in [0.1, 0.15) is 36.2 Å². The molecule has 2 aromatic rings. The minimum absolute atomic E-state index is 0.00583. The summed E-state index contributed by atoms with van der Waals surface area (Å²) in [5, 5.41) is 3.64. The van der Waals surface area contributed by atoms with Crippen LogP contribution in [-0.2, 0) is 4.74 Å². The SMILES string of the molecule is CO[C@@]12CC[C@H](Oc3ccccn3)C[C@@H]1N(C(=O)c1ccno1)CC2. The van der Waals surface area contributed by atoms with Crippen LogP contribution in [0, 0.1) is 0 Å². The number of carbonyl (C=O) groups excluding carboxylic acids is 1. The number of carbonyl (C=O) groups is 1. The lowest BCUT2D eigenvalue weighted by molar-refractivity contribution is -0.0791. The maximum absolute atomic E-state index is 12.8. The van der Waals surface area contributed by atoms with Crippen LogP contribution in [0.4, 0.5) is 0 Å². The Hall–Kier alpha value is -2.41. The molecule has 7 heteroatoms. The Bertz CT molecular complexity index is 721. The summed E-state index contributed by atoms with van der Waals surface area (Å²) in [5.41, 5.74) is -0.306. The lowest BCUT2D eigenvalue weighted by atomic mass is 9.79. The third-order valence-corrected chi connectivity index (χ3v) is 5.38. The second-order valence-electron chi connectivity index (χ2n) is 6.59. The normalized spacial score (nSPS) is 28.6. The number of hydrogen-bond donors (Lipinski definition) is 0. The van der Waals surface area contributed by atoms with Crippen molar-refractivity contribution < 1.29 is 18.8 Å². The quantitative estimate of drug-likeness (QED) is 0.848. The number of nitrogens with zero attached hydrogens (tertiary/aromatic N) is 3. The fourth-order valence-corrected chi connectivity index (χ4v) is 4.07. The molecule has 0 radical (unpaired) electrons. The Morgan fingerprint density at radius 3 is 2.96 bits per heavy atom. The van der Waals surface area contributed by atoms with Crippen LogP contribution in [0.5, 0.6) is 5.88 Å². The van der Waals surface area contributed by atoms with Crippen LogP contribution in [-0.4, -0.2) is 52.3 Å². The number of amides is 1. The van der Waals surface area contributed by atoms with Crippen molar-refractivity contribution >= 4 is 5.91 Å². The zero-order valence-electron chi connectivity index (χ0n) is 14.1. The summed E-state index contributed by atoms with van der Waals surface area (Å²) in [6, 6.07) is 7.17. The summed E-state index contributed by atoms with van der Waals surface area (Å²) in [6.45, 7) is 0.647. The molecule has 1 aliphatic carbocycles. The second kappa shape index (κ2) is 6.48. The van der Waals surface area contributed by atoms with Gasteiger partial charge in [-0.2, -0.15) is 0 Å². The van der Waals surface area contributed by atoms with Gasteiger partial charge in [-0.3, -0.25) is 4.79 Å². The third-order valence-electron chi connectivity index (χ3n) is 5.38. The largest absolute Gasteiger partial charge is 0.474 e. The van der Waals surface area contributed by atoms with E-state index in [-0.39, 0.29) is 29.4 Å². The molecule has 1 saturated heterocycles. The number of hydrogen-bond acceptors (Lipinski definition) is 6.